The fraction of sp³-hybridized carbons (Fsp3) is 0.375. The second kappa shape index (κ2) is 10.1. The molecular weight excluding hydrogens is 514 g/mol. The average molecular weight is 540 g/mol. The number of rotatable bonds is 6. The molecule has 1 aliphatic heterocycles. The Morgan fingerprint density at radius 1 is 1.19 bits per heavy atom. The van der Waals surface area contributed by atoms with Crippen LogP contribution in [0, 0.1) is 5.82 Å². The third kappa shape index (κ3) is 5.60. The van der Waals surface area contributed by atoms with Crippen LogP contribution < -0.4 is 10.2 Å². The standard InChI is InChI=1S/C24H25F4N5O3S/c1-3-5-17(18-6-4-7-22(30-18)37(2,35)36)31-23(34)32-20-14-29-33(16-10-8-15(25)9-11-16)19(20)12-13-21(32)24(26,27)28/h4,6-11,14,17,21H,3,5,12-13H2,1-2H3,(H,31,34). The lowest BCUT2D eigenvalue weighted by Gasteiger charge is -2.37. The molecule has 2 amide bonds. The van der Waals surface area contributed by atoms with E-state index in [0.717, 1.165) is 6.26 Å². The average Bonchev–Trinajstić information content (AvgIpc) is 3.27. The lowest BCUT2D eigenvalue weighted by atomic mass is 10.0. The first kappa shape index (κ1) is 26.6. The number of nitrogens with zero attached hydrogens (tertiary/aromatic N) is 4. The minimum absolute atomic E-state index is 0.00296. The fourth-order valence-corrected chi connectivity index (χ4v) is 4.97. The van der Waals surface area contributed by atoms with Crippen LogP contribution in [0.3, 0.4) is 0 Å². The fourth-order valence-electron chi connectivity index (χ4n) is 4.37. The van der Waals surface area contributed by atoms with Gasteiger partial charge in [-0.1, -0.05) is 19.4 Å². The molecule has 3 heterocycles. The van der Waals surface area contributed by atoms with Crippen molar-refractivity contribution in [1.82, 2.24) is 20.1 Å². The van der Waals surface area contributed by atoms with Gasteiger partial charge in [-0.2, -0.15) is 18.3 Å². The van der Waals surface area contributed by atoms with Gasteiger partial charge in [0.1, 0.15) is 11.9 Å². The summed E-state index contributed by atoms with van der Waals surface area (Å²) in [5.74, 6) is -0.474. The number of benzene rings is 1. The number of alkyl halides is 3. The number of nitrogens with one attached hydrogen (secondary N) is 1. The molecule has 0 fully saturated rings. The first-order chi connectivity index (χ1) is 17.4. The summed E-state index contributed by atoms with van der Waals surface area (Å²) in [7, 11) is -3.63. The Hall–Kier alpha value is -3.48. The number of halogens is 4. The van der Waals surface area contributed by atoms with Crippen LogP contribution in [0.4, 0.5) is 28.0 Å². The topological polar surface area (TPSA) is 97.2 Å². The smallest absolute Gasteiger partial charge is 0.329 e. The molecule has 13 heteroatoms. The molecule has 0 saturated carbocycles. The summed E-state index contributed by atoms with van der Waals surface area (Å²) < 4.78 is 80.8. The van der Waals surface area contributed by atoms with Crippen LogP contribution in [0.2, 0.25) is 0 Å². The zero-order chi connectivity index (χ0) is 27.0. The van der Waals surface area contributed by atoms with Gasteiger partial charge in [0.15, 0.2) is 14.9 Å². The van der Waals surface area contributed by atoms with E-state index >= 15 is 0 Å². The predicted octanol–water partition coefficient (Wildman–Crippen LogP) is 4.74. The van der Waals surface area contributed by atoms with Gasteiger partial charge >= 0.3 is 12.2 Å². The first-order valence-corrected chi connectivity index (χ1v) is 13.5. The van der Waals surface area contributed by atoms with Gasteiger partial charge in [0, 0.05) is 6.26 Å². The number of anilines is 1. The largest absolute Gasteiger partial charge is 0.409 e. The van der Waals surface area contributed by atoms with Gasteiger partial charge in [-0.3, -0.25) is 4.90 Å². The minimum atomic E-state index is -4.71. The number of sulfone groups is 1. The van der Waals surface area contributed by atoms with Crippen molar-refractivity contribution in [3.63, 3.8) is 0 Å². The molecule has 1 aromatic carbocycles. The highest BCUT2D eigenvalue weighted by Crippen LogP contribution is 2.39. The zero-order valence-corrected chi connectivity index (χ0v) is 20.9. The van der Waals surface area contributed by atoms with Crippen molar-refractivity contribution >= 4 is 21.6 Å². The summed E-state index contributed by atoms with van der Waals surface area (Å²) in [6, 6.07) is 5.68. The Labute approximate surface area is 211 Å². The highest BCUT2D eigenvalue weighted by molar-refractivity contribution is 7.90. The molecule has 0 bridgehead atoms. The maximum absolute atomic E-state index is 14.0. The molecule has 37 heavy (non-hydrogen) atoms. The minimum Gasteiger partial charge on any atom is -0.329 e. The van der Waals surface area contributed by atoms with E-state index in [1.807, 2.05) is 6.92 Å². The lowest BCUT2D eigenvalue weighted by molar-refractivity contribution is -0.149. The Morgan fingerprint density at radius 2 is 1.89 bits per heavy atom. The van der Waals surface area contributed by atoms with Crippen LogP contribution in [-0.2, 0) is 16.3 Å². The molecule has 1 N–H and O–H groups in total. The van der Waals surface area contributed by atoms with E-state index in [-0.39, 0.29) is 22.8 Å². The summed E-state index contributed by atoms with van der Waals surface area (Å²) in [6.45, 7) is 1.82. The number of urea groups is 1. The van der Waals surface area contributed by atoms with E-state index in [4.69, 9.17) is 0 Å². The van der Waals surface area contributed by atoms with Gasteiger partial charge in [0.25, 0.3) is 0 Å². The van der Waals surface area contributed by atoms with E-state index in [9.17, 15) is 30.8 Å². The van der Waals surface area contributed by atoms with E-state index in [0.29, 0.717) is 29.1 Å². The normalized spacial score (nSPS) is 16.8. The van der Waals surface area contributed by atoms with Crippen molar-refractivity contribution in [2.45, 2.75) is 55.9 Å². The Kier molecular flexibility index (Phi) is 7.27. The zero-order valence-electron chi connectivity index (χ0n) is 20.0. The van der Waals surface area contributed by atoms with Crippen LogP contribution in [0.15, 0.2) is 53.7 Å². The quantitative estimate of drug-likeness (QED) is 0.457. The Morgan fingerprint density at radius 3 is 2.51 bits per heavy atom. The molecule has 0 radical (unpaired) electrons. The van der Waals surface area contributed by atoms with Gasteiger partial charge < -0.3 is 5.32 Å². The second-order valence-corrected chi connectivity index (χ2v) is 10.8. The van der Waals surface area contributed by atoms with Crippen LogP contribution >= 0.6 is 0 Å². The maximum atomic E-state index is 14.0. The monoisotopic (exact) mass is 539 g/mol. The molecule has 0 aliphatic carbocycles. The van der Waals surface area contributed by atoms with Gasteiger partial charge in [0.05, 0.1) is 35.0 Å². The molecule has 3 aromatic rings. The number of amides is 2. The Bertz CT molecular complexity index is 1390. The summed E-state index contributed by atoms with van der Waals surface area (Å²) >= 11 is 0. The van der Waals surface area contributed by atoms with Crippen LogP contribution in [0.25, 0.3) is 5.69 Å². The van der Waals surface area contributed by atoms with E-state index in [1.165, 1.54) is 53.3 Å². The van der Waals surface area contributed by atoms with Crippen molar-refractivity contribution < 1.29 is 30.8 Å². The summed E-state index contributed by atoms with van der Waals surface area (Å²) in [5.41, 5.74) is 1.04. The number of hydrogen-bond donors (Lipinski definition) is 1. The molecule has 1 aliphatic rings. The van der Waals surface area contributed by atoms with Gasteiger partial charge in [-0.25, -0.2) is 27.3 Å². The second-order valence-electron chi connectivity index (χ2n) is 8.79. The van der Waals surface area contributed by atoms with Crippen molar-refractivity contribution in [2.24, 2.45) is 0 Å². The molecule has 2 aromatic heterocycles. The summed E-state index contributed by atoms with van der Waals surface area (Å²) in [5, 5.41) is 6.61. The van der Waals surface area contributed by atoms with Crippen molar-refractivity contribution in [3.05, 3.63) is 65.9 Å². The van der Waals surface area contributed by atoms with Crippen molar-refractivity contribution in [1.29, 1.82) is 0 Å². The molecule has 2 atom stereocenters. The number of carbonyl (C=O) groups excluding carboxylic acids is 1. The number of aromatic nitrogens is 3. The number of fused-ring (bicyclic) bond motifs is 1. The first-order valence-electron chi connectivity index (χ1n) is 11.6. The number of carbonyl (C=O) groups is 1. The van der Waals surface area contributed by atoms with Gasteiger partial charge in [-0.05, 0) is 55.7 Å². The number of hydrogen-bond acceptors (Lipinski definition) is 5. The molecule has 2 unspecified atom stereocenters. The molecule has 8 nitrogen and oxygen atoms in total. The van der Waals surface area contributed by atoms with E-state index in [2.05, 4.69) is 15.4 Å². The van der Waals surface area contributed by atoms with Gasteiger partial charge in [0.2, 0.25) is 0 Å². The molecule has 0 saturated heterocycles. The third-order valence-electron chi connectivity index (χ3n) is 6.10. The van der Waals surface area contributed by atoms with Gasteiger partial charge in [-0.15, -0.1) is 0 Å². The SMILES string of the molecule is CCCC(NC(=O)N1c2cnn(-c3ccc(F)cc3)c2CCC1C(F)(F)F)c1cccc(S(C)(=O)=O)n1. The third-order valence-corrected chi connectivity index (χ3v) is 7.08. The molecule has 0 spiro atoms. The van der Waals surface area contributed by atoms with E-state index < -0.39 is 46.4 Å². The van der Waals surface area contributed by atoms with Crippen LogP contribution in [0.1, 0.15) is 43.6 Å². The number of pyridine rings is 1. The highest BCUT2D eigenvalue weighted by Gasteiger charge is 2.49. The maximum Gasteiger partial charge on any atom is 0.409 e. The summed E-state index contributed by atoms with van der Waals surface area (Å²) in [6.07, 6.45) is -2.05. The summed E-state index contributed by atoms with van der Waals surface area (Å²) in [4.78, 5) is 18.2. The van der Waals surface area contributed by atoms with Crippen LogP contribution in [-0.4, -0.2) is 47.7 Å². The lowest BCUT2D eigenvalue weighted by Crippen LogP contribution is -2.55. The van der Waals surface area contributed by atoms with E-state index in [1.54, 1.807) is 0 Å². The van der Waals surface area contributed by atoms with Crippen molar-refractivity contribution in [3.8, 4) is 5.69 Å². The highest BCUT2D eigenvalue weighted by atomic mass is 32.2. The molecule has 4 rings (SSSR count). The molecule has 198 valence electrons. The van der Waals surface area contributed by atoms with Crippen molar-refractivity contribution in [2.75, 3.05) is 11.2 Å². The Balaban J connectivity index is 1.71. The molecular formula is C24H25F4N5O3S. The predicted molar refractivity (Wildman–Crippen MR) is 128 cm³/mol. The van der Waals surface area contributed by atoms with Crippen LogP contribution in [0.5, 0.6) is 0 Å².